The van der Waals surface area contributed by atoms with Crippen LogP contribution in [-0.2, 0) is 7.05 Å². The highest BCUT2D eigenvalue weighted by molar-refractivity contribution is 6.09. The second-order valence-electron chi connectivity index (χ2n) is 6.24. The van der Waals surface area contributed by atoms with Gasteiger partial charge >= 0.3 is 0 Å². The minimum Gasteiger partial charge on any atom is -0.371 e. The smallest absolute Gasteiger partial charge is 0.257 e. The van der Waals surface area contributed by atoms with Gasteiger partial charge in [-0.3, -0.25) is 14.9 Å². The third-order valence-electron chi connectivity index (χ3n) is 4.45. The molecule has 1 aromatic carbocycles. The van der Waals surface area contributed by atoms with E-state index in [4.69, 9.17) is 0 Å². The summed E-state index contributed by atoms with van der Waals surface area (Å²) in [4.78, 5) is 25.2. The van der Waals surface area contributed by atoms with Crippen LogP contribution < -0.4 is 10.6 Å². The fourth-order valence-corrected chi connectivity index (χ4v) is 2.99. The lowest BCUT2D eigenvalue weighted by molar-refractivity contribution is 0.0669. The molecule has 0 aliphatic heterocycles. The van der Waals surface area contributed by atoms with Gasteiger partial charge in [0.25, 0.3) is 5.91 Å². The molecule has 1 atom stereocenters. The fraction of sp³-hybridized carbons (Fsp3) is 0.368. The summed E-state index contributed by atoms with van der Waals surface area (Å²) in [5.74, 6) is -1.23. The normalized spacial score (nSPS) is 12.1. The lowest BCUT2D eigenvalue weighted by atomic mass is 10.1. The Kier molecular flexibility index (Phi) is 5.94. The number of hydrogen-bond donors (Lipinski definition) is 3. The number of aliphatic hydroxyl groups is 1. The molecule has 0 radical (unpaired) electrons. The number of anilines is 1. The van der Waals surface area contributed by atoms with E-state index in [0.29, 0.717) is 34.6 Å². The summed E-state index contributed by atoms with van der Waals surface area (Å²) in [7, 11) is 1.67. The first-order valence-corrected chi connectivity index (χ1v) is 8.38. The molecule has 1 aromatic heterocycles. The van der Waals surface area contributed by atoms with Crippen molar-refractivity contribution in [2.45, 2.75) is 33.9 Å². The van der Waals surface area contributed by atoms with Gasteiger partial charge in [0.05, 0.1) is 11.3 Å². The average Bonchev–Trinajstić information content (AvgIpc) is 2.80. The molecule has 0 saturated carbocycles. The summed E-state index contributed by atoms with van der Waals surface area (Å²) in [6.45, 7) is 7.23. The molecule has 0 bridgehead atoms. The zero-order valence-electron chi connectivity index (χ0n) is 15.6. The first-order valence-electron chi connectivity index (χ1n) is 8.38. The number of carbonyl (C=O) groups excluding carboxylic acids is 2. The van der Waals surface area contributed by atoms with Gasteiger partial charge in [0, 0.05) is 18.4 Å². The van der Waals surface area contributed by atoms with Gasteiger partial charge in [0.2, 0.25) is 5.78 Å². The summed E-state index contributed by atoms with van der Waals surface area (Å²) in [5.41, 5.74) is 2.62. The van der Waals surface area contributed by atoms with E-state index in [9.17, 15) is 19.1 Å². The number of nitrogens with zero attached hydrogens (tertiary/aromatic N) is 1. The van der Waals surface area contributed by atoms with Crippen molar-refractivity contribution in [2.75, 3.05) is 11.9 Å². The lowest BCUT2D eigenvalue weighted by Gasteiger charge is -2.12. The van der Waals surface area contributed by atoms with E-state index in [1.165, 1.54) is 12.1 Å². The summed E-state index contributed by atoms with van der Waals surface area (Å²) in [6, 6.07) is 4.31. The topological polar surface area (TPSA) is 83.4 Å². The fourth-order valence-electron chi connectivity index (χ4n) is 2.99. The van der Waals surface area contributed by atoms with E-state index in [0.717, 1.165) is 0 Å². The second-order valence-corrected chi connectivity index (χ2v) is 6.24. The highest BCUT2D eigenvalue weighted by Gasteiger charge is 2.28. The Bertz CT molecular complexity index is 858. The van der Waals surface area contributed by atoms with Gasteiger partial charge in [-0.1, -0.05) is 6.92 Å². The second kappa shape index (κ2) is 7.80. The van der Waals surface area contributed by atoms with Gasteiger partial charge < -0.3 is 15.0 Å². The Morgan fingerprint density at radius 1 is 1.27 bits per heavy atom. The minimum absolute atomic E-state index is 0.274. The third-order valence-corrected chi connectivity index (χ3v) is 4.45. The Morgan fingerprint density at radius 3 is 2.50 bits per heavy atom. The molecular weight excluding hydrogens is 337 g/mol. The van der Waals surface area contributed by atoms with Crippen LogP contribution in [-0.4, -0.2) is 34.1 Å². The van der Waals surface area contributed by atoms with Crippen molar-refractivity contribution in [1.82, 2.24) is 9.88 Å². The van der Waals surface area contributed by atoms with Gasteiger partial charge in [-0.2, -0.15) is 0 Å². The zero-order valence-corrected chi connectivity index (χ0v) is 15.6. The summed E-state index contributed by atoms with van der Waals surface area (Å²) in [6.07, 6.45) is -1.33. The monoisotopic (exact) mass is 361 g/mol. The number of Topliss-reactive ketones (excluding diaryl/α,β-unsaturated/α-hetero) is 1. The molecule has 1 unspecified atom stereocenters. The van der Waals surface area contributed by atoms with Crippen LogP contribution in [0.5, 0.6) is 0 Å². The van der Waals surface area contributed by atoms with E-state index >= 15 is 0 Å². The van der Waals surface area contributed by atoms with Gasteiger partial charge in [0.1, 0.15) is 5.82 Å². The van der Waals surface area contributed by atoms with Gasteiger partial charge in [-0.25, -0.2) is 4.39 Å². The van der Waals surface area contributed by atoms with Gasteiger partial charge in [-0.15, -0.1) is 0 Å². The predicted octanol–water partition coefficient (Wildman–Crippen LogP) is 2.45. The molecule has 3 N–H and O–H groups in total. The largest absolute Gasteiger partial charge is 0.371 e. The Hall–Kier alpha value is -2.51. The average molecular weight is 361 g/mol. The molecule has 0 spiro atoms. The van der Waals surface area contributed by atoms with E-state index in [-0.39, 0.29) is 11.5 Å². The molecule has 2 aromatic rings. The number of halogens is 1. The molecule has 0 aliphatic carbocycles. The van der Waals surface area contributed by atoms with E-state index in [2.05, 4.69) is 10.6 Å². The number of hydrogen-bond acceptors (Lipinski definition) is 4. The number of aliphatic hydroxyl groups excluding tert-OH is 1. The first kappa shape index (κ1) is 19.8. The third kappa shape index (κ3) is 3.68. The molecule has 6 nitrogen and oxygen atoms in total. The molecule has 140 valence electrons. The summed E-state index contributed by atoms with van der Waals surface area (Å²) < 4.78 is 15.0. The van der Waals surface area contributed by atoms with Crippen LogP contribution in [0.25, 0.3) is 0 Å². The lowest BCUT2D eigenvalue weighted by Crippen LogP contribution is -2.37. The van der Waals surface area contributed by atoms with E-state index in [1.807, 2.05) is 0 Å². The number of ketones is 1. The van der Waals surface area contributed by atoms with E-state index < -0.39 is 17.9 Å². The minimum atomic E-state index is -1.33. The number of aryl methyl sites for hydroxylation is 1. The Labute approximate surface area is 152 Å². The molecule has 0 saturated heterocycles. The quantitative estimate of drug-likeness (QED) is 0.545. The molecule has 7 heteroatoms. The highest BCUT2D eigenvalue weighted by atomic mass is 19.1. The van der Waals surface area contributed by atoms with Gasteiger partial charge in [0.15, 0.2) is 6.23 Å². The predicted molar refractivity (Wildman–Crippen MR) is 98.0 cm³/mol. The zero-order chi connectivity index (χ0) is 19.6. The molecule has 0 aliphatic rings. The van der Waals surface area contributed by atoms with Gasteiger partial charge in [-0.05, 0) is 56.6 Å². The van der Waals surface area contributed by atoms with Crippen molar-refractivity contribution in [3.8, 4) is 0 Å². The van der Waals surface area contributed by atoms with Crippen molar-refractivity contribution in [3.05, 3.63) is 52.1 Å². The number of amides is 1. The van der Waals surface area contributed by atoms with Crippen LogP contribution in [0.15, 0.2) is 18.2 Å². The molecule has 1 amide bonds. The maximum Gasteiger partial charge on any atom is 0.257 e. The number of benzene rings is 1. The van der Waals surface area contributed by atoms with Crippen molar-refractivity contribution < 1.29 is 19.1 Å². The van der Waals surface area contributed by atoms with Crippen molar-refractivity contribution in [3.63, 3.8) is 0 Å². The first-order chi connectivity index (χ1) is 12.2. The van der Waals surface area contributed by atoms with Crippen molar-refractivity contribution in [2.24, 2.45) is 7.05 Å². The van der Waals surface area contributed by atoms with Crippen LogP contribution in [0.4, 0.5) is 10.1 Å². The van der Waals surface area contributed by atoms with Crippen LogP contribution in [0.2, 0.25) is 0 Å². The molecule has 26 heavy (non-hydrogen) atoms. The number of aromatic nitrogens is 1. The molecule has 0 fully saturated rings. The maximum atomic E-state index is 13.4. The summed E-state index contributed by atoms with van der Waals surface area (Å²) >= 11 is 0. The van der Waals surface area contributed by atoms with E-state index in [1.54, 1.807) is 45.4 Å². The Morgan fingerprint density at radius 2 is 1.92 bits per heavy atom. The van der Waals surface area contributed by atoms with Crippen LogP contribution >= 0.6 is 0 Å². The number of carbonyl (C=O) groups is 2. The standard InChI is InChI=1S/C19H24FN3O3/c1-6-21-19(26)17(24)16-11(3)15(12(4)23(16)5)18(25)22-13-7-8-14(20)10(2)9-13/h7-9,19,21,26H,6H2,1-5H3,(H,22,25). The maximum absolute atomic E-state index is 13.4. The SMILES string of the molecule is CCNC(O)C(=O)c1c(C)c(C(=O)Nc2ccc(F)c(C)c2)c(C)n1C. The number of nitrogens with one attached hydrogen (secondary N) is 2. The molecule has 2 rings (SSSR count). The summed E-state index contributed by atoms with van der Waals surface area (Å²) in [5, 5.41) is 15.3. The van der Waals surface area contributed by atoms with Crippen molar-refractivity contribution in [1.29, 1.82) is 0 Å². The highest BCUT2D eigenvalue weighted by Crippen LogP contribution is 2.24. The molecular formula is C19H24FN3O3. The van der Waals surface area contributed by atoms with Crippen LogP contribution in [0, 0.1) is 26.6 Å². The molecule has 1 heterocycles. The Balaban J connectivity index is 2.37. The van der Waals surface area contributed by atoms with Crippen molar-refractivity contribution >= 4 is 17.4 Å². The number of rotatable bonds is 6. The van der Waals surface area contributed by atoms with Crippen LogP contribution in [0.3, 0.4) is 0 Å². The number of likely N-dealkylation sites (N-methyl/N-ethyl adjacent to an activating group) is 1. The van der Waals surface area contributed by atoms with Crippen LogP contribution in [0.1, 0.15) is 44.6 Å².